The van der Waals surface area contributed by atoms with Gasteiger partial charge in [0.1, 0.15) is 0 Å². The summed E-state index contributed by atoms with van der Waals surface area (Å²) < 4.78 is 0. The van der Waals surface area contributed by atoms with E-state index >= 15 is 0 Å². The number of rotatable bonds is 0. The van der Waals surface area contributed by atoms with Crippen molar-refractivity contribution in [1.29, 1.82) is 0 Å². The average molecular weight is 562 g/mol. The van der Waals surface area contributed by atoms with Crippen LogP contribution in [-0.4, -0.2) is 13.9 Å². The van der Waals surface area contributed by atoms with Crippen molar-refractivity contribution >= 4 is 49.5 Å². The standard InChI is InChI=1S/C9H7.C6H7.4CH3.2ClH.Hf.2Si/c1-2-5-9-7-3-6-8(9)4-1;1-6-4-2-3-5-6;;;;;;;;;/h1-7H;4-5H,2H2,1H3;4*1H3;2*1H;;;/q6*-1;;;;;. The molecular formula is C19H28Cl2HfSi2-6. The van der Waals surface area contributed by atoms with Crippen LogP contribution in [0, 0.1) is 35.8 Å². The summed E-state index contributed by atoms with van der Waals surface area (Å²) in [6.45, 7) is 8.67. The second-order valence-electron chi connectivity index (χ2n) is 3.78. The summed E-state index contributed by atoms with van der Waals surface area (Å²) in [5, 5.41) is 2.66. The fraction of sp³-hybridized carbons (Fsp3) is 0.105. The van der Waals surface area contributed by atoms with E-state index in [1.54, 1.807) is 0 Å². The van der Waals surface area contributed by atoms with E-state index in [2.05, 4.69) is 75.4 Å². The minimum Gasteiger partial charge on any atom is -0.168 e. The van der Waals surface area contributed by atoms with Crippen LogP contribution in [0.3, 0.4) is 0 Å². The predicted octanol–water partition coefficient (Wildman–Crippen LogP) is 6.14. The van der Waals surface area contributed by atoms with Crippen LogP contribution < -0.4 is 0 Å². The van der Waals surface area contributed by atoms with E-state index in [4.69, 9.17) is 0 Å². The van der Waals surface area contributed by atoms with E-state index in [1.807, 2.05) is 6.08 Å². The molecule has 0 fully saturated rings. The summed E-state index contributed by atoms with van der Waals surface area (Å²) in [5.41, 5.74) is 1.34. The van der Waals surface area contributed by atoms with Gasteiger partial charge in [-0.05, 0) is 0 Å². The third-order valence-electron chi connectivity index (χ3n) is 2.42. The zero-order valence-electron chi connectivity index (χ0n) is 15.2. The Labute approximate surface area is 177 Å². The molecule has 0 amide bonds. The maximum Gasteiger partial charge on any atom is -0.0809 e. The van der Waals surface area contributed by atoms with Crippen molar-refractivity contribution in [2.75, 3.05) is 0 Å². The fourth-order valence-electron chi connectivity index (χ4n) is 1.57. The quantitative estimate of drug-likeness (QED) is 0.268. The first-order valence-corrected chi connectivity index (χ1v) is 17.5. The van der Waals surface area contributed by atoms with Crippen molar-refractivity contribution < 1.29 is 20.2 Å². The Hall–Kier alpha value is 0.194. The van der Waals surface area contributed by atoms with E-state index in [9.17, 15) is 0 Å². The van der Waals surface area contributed by atoms with Crippen LogP contribution in [0.1, 0.15) is 13.3 Å². The molecule has 0 N–H and O–H groups in total. The zero-order chi connectivity index (χ0) is 13.2. The second kappa shape index (κ2) is 25.4. The SMILES string of the molecule is CC1=CC[C-]=C1.Cl.Cl.[CH3-].[CH3-].[CH3-].[CH3-].[Si]=[Hf]=[Si].c1ccc2[cH-]ccc2c1. The maximum absolute atomic E-state index is 3.29. The van der Waals surface area contributed by atoms with Crippen LogP contribution >= 0.6 is 24.8 Å². The smallest absolute Gasteiger partial charge is 0.0809 e. The van der Waals surface area contributed by atoms with Crippen molar-refractivity contribution in [2.45, 2.75) is 13.3 Å². The van der Waals surface area contributed by atoms with E-state index in [0.717, 1.165) is 6.42 Å². The van der Waals surface area contributed by atoms with Crippen LogP contribution in [0.15, 0.2) is 60.2 Å². The molecule has 4 radical (unpaired) electrons. The molecule has 1 aliphatic rings. The van der Waals surface area contributed by atoms with Gasteiger partial charge in [-0.15, -0.1) is 67.8 Å². The number of hydrogen-bond acceptors (Lipinski definition) is 0. The molecule has 0 bridgehead atoms. The maximum atomic E-state index is 3.29. The Balaban J connectivity index is -0.0000000493. The van der Waals surface area contributed by atoms with Crippen LogP contribution in [0.4, 0.5) is 0 Å². The van der Waals surface area contributed by atoms with Gasteiger partial charge in [0.05, 0.1) is 0 Å². The number of halogens is 2. The summed E-state index contributed by atoms with van der Waals surface area (Å²) in [6.07, 6.45) is 8.24. The van der Waals surface area contributed by atoms with Crippen molar-refractivity contribution in [2.24, 2.45) is 0 Å². The Morgan fingerprint density at radius 1 is 1.00 bits per heavy atom. The van der Waals surface area contributed by atoms with Crippen LogP contribution in [0.25, 0.3) is 10.8 Å². The van der Waals surface area contributed by atoms with Crippen molar-refractivity contribution in [3.8, 4) is 0 Å². The monoisotopic (exact) mass is 562 g/mol. The molecule has 24 heavy (non-hydrogen) atoms. The van der Waals surface area contributed by atoms with Crippen LogP contribution in [0.5, 0.6) is 0 Å². The molecule has 0 saturated carbocycles. The number of allylic oxidation sites excluding steroid dienone is 4. The molecule has 0 aromatic heterocycles. The van der Waals surface area contributed by atoms with Gasteiger partial charge in [-0.2, -0.15) is 23.6 Å². The van der Waals surface area contributed by atoms with Crippen LogP contribution in [-0.2, 0) is 20.2 Å². The second-order valence-corrected chi connectivity index (χ2v) is 12.9. The number of benzene rings is 1. The van der Waals surface area contributed by atoms with Crippen molar-refractivity contribution in [1.82, 2.24) is 0 Å². The first kappa shape index (κ1) is 39.3. The summed E-state index contributed by atoms with van der Waals surface area (Å²) in [4.78, 5) is 0. The molecule has 0 spiro atoms. The third-order valence-corrected chi connectivity index (χ3v) is 2.42. The summed E-state index contributed by atoms with van der Waals surface area (Å²) in [6, 6.07) is 14.7. The van der Waals surface area contributed by atoms with Gasteiger partial charge in [0.2, 0.25) is 0 Å². The normalized spacial score (nSPS) is 8.79. The molecule has 0 atom stereocenters. The number of hydrogen-bond donors (Lipinski definition) is 0. The Kier molecular flexibility index (Phi) is 41.7. The van der Waals surface area contributed by atoms with E-state index in [1.165, 1.54) is 16.3 Å². The third kappa shape index (κ3) is 17.0. The molecule has 0 saturated heterocycles. The van der Waals surface area contributed by atoms with Crippen LogP contribution in [0.2, 0.25) is 0 Å². The molecule has 1 aliphatic carbocycles. The molecule has 3 rings (SSSR count). The molecule has 2 aromatic carbocycles. The van der Waals surface area contributed by atoms with Gasteiger partial charge >= 0.3 is 34.0 Å². The minimum absolute atomic E-state index is 0. The first-order valence-electron chi connectivity index (χ1n) is 5.70. The van der Waals surface area contributed by atoms with Gasteiger partial charge in [-0.1, -0.05) is 6.07 Å². The summed E-state index contributed by atoms with van der Waals surface area (Å²) in [5.74, 6) is 0. The predicted molar refractivity (Wildman–Crippen MR) is 117 cm³/mol. The summed E-state index contributed by atoms with van der Waals surface area (Å²) >= 11 is -0.306. The van der Waals surface area contributed by atoms with Gasteiger partial charge < -0.3 is 29.7 Å². The Bertz CT molecular complexity index is 551. The van der Waals surface area contributed by atoms with E-state index in [0.29, 0.717) is 0 Å². The molecule has 2 aromatic rings. The minimum atomic E-state index is -0.306. The Morgan fingerprint density at radius 3 is 1.92 bits per heavy atom. The van der Waals surface area contributed by atoms with E-state index < -0.39 is 0 Å². The van der Waals surface area contributed by atoms with Gasteiger partial charge in [-0.3, -0.25) is 6.08 Å². The van der Waals surface area contributed by atoms with Gasteiger partial charge in [0.25, 0.3) is 0 Å². The summed E-state index contributed by atoms with van der Waals surface area (Å²) in [7, 11) is 0. The fourth-order valence-corrected chi connectivity index (χ4v) is 1.57. The zero-order valence-corrected chi connectivity index (χ0v) is 22.4. The molecule has 0 aliphatic heterocycles. The molecule has 5 heteroatoms. The van der Waals surface area contributed by atoms with E-state index in [-0.39, 0.29) is 74.7 Å². The van der Waals surface area contributed by atoms with Gasteiger partial charge in [-0.25, -0.2) is 11.6 Å². The van der Waals surface area contributed by atoms with Crippen molar-refractivity contribution in [3.63, 3.8) is 0 Å². The number of fused-ring (bicyclic) bond motifs is 1. The van der Waals surface area contributed by atoms with Crippen molar-refractivity contribution in [3.05, 3.63) is 96.0 Å². The Morgan fingerprint density at radius 2 is 1.54 bits per heavy atom. The molecule has 0 nitrogen and oxygen atoms in total. The van der Waals surface area contributed by atoms with Gasteiger partial charge in [0.15, 0.2) is 0 Å². The molecule has 136 valence electrons. The topological polar surface area (TPSA) is 0 Å². The largest absolute Gasteiger partial charge is 0.168 e. The van der Waals surface area contributed by atoms with Gasteiger partial charge in [0, 0.05) is 0 Å². The average Bonchev–Trinajstić information content (AvgIpc) is 3.01. The molecule has 0 heterocycles. The molecular weight excluding hydrogens is 534 g/mol. The molecule has 0 unspecified atom stereocenters. The first-order chi connectivity index (χ1) is 8.77.